The molecule has 0 aliphatic carbocycles. The number of halogens is 2. The molecule has 0 aliphatic heterocycles. The summed E-state index contributed by atoms with van der Waals surface area (Å²) in [6, 6.07) is 14.2. The Morgan fingerprint density at radius 1 is 1.04 bits per heavy atom. The fourth-order valence-corrected chi connectivity index (χ4v) is 3.30. The summed E-state index contributed by atoms with van der Waals surface area (Å²) >= 11 is 0. The minimum absolute atomic E-state index is 0.00182. The number of H-pyrrole nitrogens is 1. The molecule has 0 saturated carbocycles. The van der Waals surface area contributed by atoms with E-state index in [0.717, 1.165) is 6.07 Å². The molecule has 1 atom stereocenters. The van der Waals surface area contributed by atoms with E-state index in [-0.39, 0.29) is 11.3 Å². The van der Waals surface area contributed by atoms with Gasteiger partial charge in [0, 0.05) is 17.2 Å². The second kappa shape index (κ2) is 7.53. The highest BCUT2D eigenvalue weighted by Crippen LogP contribution is 2.30. The van der Waals surface area contributed by atoms with Gasteiger partial charge >= 0.3 is 0 Å². The summed E-state index contributed by atoms with van der Waals surface area (Å²) < 4.78 is 52.4. The zero-order valence-electron chi connectivity index (χ0n) is 14.7. The quantitative estimate of drug-likeness (QED) is 0.548. The Morgan fingerprint density at radius 3 is 2.36 bits per heavy atom. The summed E-state index contributed by atoms with van der Waals surface area (Å²) in [6.45, 7) is 1.63. The molecule has 0 saturated heterocycles. The number of benzene rings is 2. The number of nitrogens with two attached hydrogens (primary N) is 1. The van der Waals surface area contributed by atoms with E-state index >= 15 is 0 Å². The largest absolute Gasteiger partial charge is 0.355 e. The molecule has 0 fully saturated rings. The van der Waals surface area contributed by atoms with Crippen LogP contribution in [0, 0.1) is 11.6 Å². The molecule has 4 N–H and O–H groups in total. The first-order valence-electron chi connectivity index (χ1n) is 8.24. The van der Waals surface area contributed by atoms with Gasteiger partial charge in [-0.25, -0.2) is 13.9 Å². The zero-order chi connectivity index (χ0) is 20.5. The Balaban J connectivity index is 1.89. The molecule has 0 spiro atoms. The number of nitrogens with one attached hydrogen (secondary N) is 2. The normalized spacial score (nSPS) is 12.6. The lowest BCUT2D eigenvalue weighted by Gasteiger charge is -2.14. The van der Waals surface area contributed by atoms with Gasteiger partial charge in [0.1, 0.15) is 0 Å². The number of aromatic amines is 1. The molecule has 9 heteroatoms. The van der Waals surface area contributed by atoms with Crippen molar-refractivity contribution in [2.75, 3.05) is 4.72 Å². The van der Waals surface area contributed by atoms with Gasteiger partial charge in [-0.15, -0.1) is 0 Å². The van der Waals surface area contributed by atoms with Crippen LogP contribution >= 0.6 is 0 Å². The van der Waals surface area contributed by atoms with Gasteiger partial charge in [-0.05, 0) is 23.8 Å². The first-order valence-corrected chi connectivity index (χ1v) is 9.79. The van der Waals surface area contributed by atoms with E-state index in [1.54, 1.807) is 54.1 Å². The van der Waals surface area contributed by atoms with E-state index in [2.05, 4.69) is 4.98 Å². The lowest BCUT2D eigenvalue weighted by atomic mass is 9.97. The molecule has 0 radical (unpaired) electrons. The lowest BCUT2D eigenvalue weighted by Crippen LogP contribution is -2.22. The minimum atomic E-state index is -4.23. The Labute approximate surface area is 160 Å². The predicted octanol–water partition coefficient (Wildman–Crippen LogP) is 3.29. The van der Waals surface area contributed by atoms with Gasteiger partial charge in [-0.3, -0.25) is 9.52 Å². The molecular formula is C19H17F2N3O3S. The first-order chi connectivity index (χ1) is 13.2. The van der Waals surface area contributed by atoms with Crippen LogP contribution in [0.4, 0.5) is 14.5 Å². The van der Waals surface area contributed by atoms with E-state index in [1.807, 2.05) is 0 Å². The first kappa shape index (κ1) is 19.7. The van der Waals surface area contributed by atoms with Crippen molar-refractivity contribution in [1.82, 2.24) is 4.98 Å². The Hall–Kier alpha value is -3.04. The average Bonchev–Trinajstić information content (AvgIpc) is 3.14. The standard InChI is InChI=1S/C19H17F2N3O3S/c1-11(13-7-8-15(18(21)17(13)20)24-28(22,26)27)14-9-10-16(23-14)19(25)12-5-3-2-4-6-12/h2-11,23-24H,1H3,(H2,22,26,27). The van der Waals surface area contributed by atoms with Crippen LogP contribution in [0.5, 0.6) is 0 Å². The number of hydrogen-bond acceptors (Lipinski definition) is 3. The Bertz CT molecular complexity index is 1130. The van der Waals surface area contributed by atoms with Gasteiger partial charge in [0.15, 0.2) is 11.6 Å². The van der Waals surface area contributed by atoms with Crippen molar-refractivity contribution >= 4 is 21.7 Å². The van der Waals surface area contributed by atoms with E-state index in [1.165, 1.54) is 6.07 Å². The number of carbonyl (C=O) groups is 1. The van der Waals surface area contributed by atoms with Crippen molar-refractivity contribution in [2.45, 2.75) is 12.8 Å². The number of hydrogen-bond donors (Lipinski definition) is 3. The van der Waals surface area contributed by atoms with Crippen molar-refractivity contribution in [3.05, 3.63) is 88.7 Å². The fraction of sp³-hybridized carbons (Fsp3) is 0.105. The lowest BCUT2D eigenvalue weighted by molar-refractivity contribution is 0.103. The fourth-order valence-electron chi connectivity index (χ4n) is 2.84. The van der Waals surface area contributed by atoms with Crippen molar-refractivity contribution in [3.8, 4) is 0 Å². The molecule has 0 amide bonds. The van der Waals surface area contributed by atoms with E-state index in [0.29, 0.717) is 17.0 Å². The highest BCUT2D eigenvalue weighted by atomic mass is 32.2. The van der Waals surface area contributed by atoms with Crippen LogP contribution in [0.25, 0.3) is 0 Å². The van der Waals surface area contributed by atoms with Crippen LogP contribution < -0.4 is 9.86 Å². The Morgan fingerprint density at radius 2 is 1.71 bits per heavy atom. The van der Waals surface area contributed by atoms with E-state index < -0.39 is 33.4 Å². The van der Waals surface area contributed by atoms with Crippen molar-refractivity contribution in [2.24, 2.45) is 5.14 Å². The highest BCUT2D eigenvalue weighted by molar-refractivity contribution is 7.90. The van der Waals surface area contributed by atoms with E-state index in [9.17, 15) is 22.0 Å². The summed E-state index contributed by atoms with van der Waals surface area (Å²) in [6.07, 6.45) is 0. The molecule has 1 unspecified atom stereocenters. The smallest absolute Gasteiger partial charge is 0.296 e. The van der Waals surface area contributed by atoms with Gasteiger partial charge in [-0.2, -0.15) is 8.42 Å². The van der Waals surface area contributed by atoms with Gasteiger partial charge in [-0.1, -0.05) is 43.3 Å². The van der Waals surface area contributed by atoms with Crippen LogP contribution in [0.3, 0.4) is 0 Å². The van der Waals surface area contributed by atoms with Crippen LogP contribution in [-0.2, 0) is 10.2 Å². The predicted molar refractivity (Wildman–Crippen MR) is 101 cm³/mol. The SMILES string of the molecule is CC(c1ccc(C(=O)c2ccccc2)[nH]1)c1ccc(NS(N)(=O)=O)c(F)c1F. The van der Waals surface area contributed by atoms with Crippen LogP contribution in [0.15, 0.2) is 54.6 Å². The molecule has 3 rings (SSSR count). The topological polar surface area (TPSA) is 105 Å². The maximum Gasteiger partial charge on any atom is 0.296 e. The molecule has 2 aromatic carbocycles. The second-order valence-corrected chi connectivity index (χ2v) is 7.52. The highest BCUT2D eigenvalue weighted by Gasteiger charge is 2.22. The molecule has 1 heterocycles. The van der Waals surface area contributed by atoms with Crippen LogP contribution in [-0.4, -0.2) is 19.2 Å². The van der Waals surface area contributed by atoms with Crippen molar-refractivity contribution < 1.29 is 22.0 Å². The zero-order valence-corrected chi connectivity index (χ0v) is 15.6. The second-order valence-electron chi connectivity index (χ2n) is 6.22. The maximum atomic E-state index is 14.5. The van der Waals surface area contributed by atoms with Gasteiger partial charge < -0.3 is 4.98 Å². The minimum Gasteiger partial charge on any atom is -0.355 e. The molecule has 0 bridgehead atoms. The number of rotatable bonds is 6. The van der Waals surface area contributed by atoms with Crippen molar-refractivity contribution in [1.29, 1.82) is 0 Å². The molecule has 1 aromatic heterocycles. The maximum absolute atomic E-state index is 14.5. The monoisotopic (exact) mass is 405 g/mol. The summed E-state index contributed by atoms with van der Waals surface area (Å²) in [5.74, 6) is -3.40. The summed E-state index contributed by atoms with van der Waals surface area (Å²) in [5.41, 5.74) is 0.741. The third-order valence-corrected chi connectivity index (χ3v) is 4.79. The summed E-state index contributed by atoms with van der Waals surface area (Å²) in [7, 11) is -4.23. The average molecular weight is 405 g/mol. The molecule has 146 valence electrons. The molecular weight excluding hydrogens is 388 g/mol. The van der Waals surface area contributed by atoms with E-state index in [4.69, 9.17) is 5.14 Å². The van der Waals surface area contributed by atoms with Crippen molar-refractivity contribution in [3.63, 3.8) is 0 Å². The van der Waals surface area contributed by atoms with Gasteiger partial charge in [0.2, 0.25) is 5.78 Å². The number of carbonyl (C=O) groups excluding carboxylic acids is 1. The third kappa shape index (κ3) is 4.10. The number of aromatic nitrogens is 1. The molecule has 0 aliphatic rings. The van der Waals surface area contributed by atoms with Crippen LogP contribution in [0.1, 0.15) is 40.2 Å². The van der Waals surface area contributed by atoms with Gasteiger partial charge in [0.05, 0.1) is 11.4 Å². The Kier molecular flexibility index (Phi) is 5.30. The van der Waals surface area contributed by atoms with Crippen LogP contribution in [0.2, 0.25) is 0 Å². The van der Waals surface area contributed by atoms with Gasteiger partial charge in [0.25, 0.3) is 10.2 Å². The summed E-state index contributed by atoms with van der Waals surface area (Å²) in [4.78, 5) is 15.4. The molecule has 3 aromatic rings. The molecule has 6 nitrogen and oxygen atoms in total. The molecule has 28 heavy (non-hydrogen) atoms. The third-order valence-electron chi connectivity index (χ3n) is 4.29. The number of ketones is 1. The summed E-state index contributed by atoms with van der Waals surface area (Å²) in [5, 5.41) is 4.79. The number of anilines is 1.